The summed E-state index contributed by atoms with van der Waals surface area (Å²) in [5.41, 5.74) is 2.13. The van der Waals surface area contributed by atoms with Gasteiger partial charge in [-0.3, -0.25) is 9.10 Å². The van der Waals surface area contributed by atoms with Crippen LogP contribution in [0.1, 0.15) is 11.1 Å². The summed E-state index contributed by atoms with van der Waals surface area (Å²) < 4.78 is 65.9. The topological polar surface area (TPSA) is 122 Å². The Hall–Kier alpha value is -3.45. The van der Waals surface area contributed by atoms with E-state index in [0.717, 1.165) is 15.4 Å². The van der Waals surface area contributed by atoms with E-state index in [1.165, 1.54) is 28.6 Å². The molecule has 0 aliphatic carbocycles. The molecule has 10 nitrogen and oxygen atoms in total. The van der Waals surface area contributed by atoms with Gasteiger partial charge in [0.1, 0.15) is 18.9 Å². The number of hydrogen-bond donors (Lipinski definition) is 1. The molecule has 0 atom stereocenters. The van der Waals surface area contributed by atoms with Crippen molar-refractivity contribution in [1.82, 2.24) is 9.62 Å². The lowest BCUT2D eigenvalue weighted by atomic mass is 10.1. The highest BCUT2D eigenvalue weighted by atomic mass is 32.2. The van der Waals surface area contributed by atoms with Crippen molar-refractivity contribution >= 4 is 31.6 Å². The molecule has 1 aliphatic rings. The zero-order valence-electron chi connectivity index (χ0n) is 22.4. The molecule has 0 saturated carbocycles. The van der Waals surface area contributed by atoms with Crippen LogP contribution >= 0.6 is 0 Å². The zero-order valence-corrected chi connectivity index (χ0v) is 24.1. The second-order valence-corrected chi connectivity index (χ2v) is 13.1. The minimum atomic E-state index is -4.00. The molecule has 0 aromatic heterocycles. The number of amides is 1. The summed E-state index contributed by atoms with van der Waals surface area (Å²) in [5.74, 6) is -0.0474. The van der Waals surface area contributed by atoms with Crippen molar-refractivity contribution in [2.45, 2.75) is 23.6 Å². The molecule has 0 spiro atoms. The summed E-state index contributed by atoms with van der Waals surface area (Å²) in [6.45, 7) is 4.90. The third kappa shape index (κ3) is 7.00. The molecule has 1 heterocycles. The third-order valence-electron chi connectivity index (χ3n) is 6.36. The van der Waals surface area contributed by atoms with Gasteiger partial charge >= 0.3 is 0 Å². The SMILES string of the molecule is Cc1ccc(N(CC(=O)NCCOc2ccc(S(=O)(=O)N3CCOCC3)cc2)S(=O)(=O)c2ccccc2)c(C)c1. The number of hydrogen-bond acceptors (Lipinski definition) is 7. The summed E-state index contributed by atoms with van der Waals surface area (Å²) in [4.78, 5) is 13.1. The van der Waals surface area contributed by atoms with Crippen LogP contribution in [-0.4, -0.2) is 73.0 Å². The monoisotopic (exact) mass is 587 g/mol. The maximum absolute atomic E-state index is 13.5. The van der Waals surface area contributed by atoms with Crippen LogP contribution < -0.4 is 14.4 Å². The van der Waals surface area contributed by atoms with E-state index in [9.17, 15) is 21.6 Å². The van der Waals surface area contributed by atoms with Crippen LogP contribution in [0.25, 0.3) is 0 Å². The van der Waals surface area contributed by atoms with E-state index in [0.29, 0.717) is 37.7 Å². The molecule has 3 aromatic rings. The maximum Gasteiger partial charge on any atom is 0.264 e. The Bertz CT molecular complexity index is 1520. The molecule has 1 fully saturated rings. The van der Waals surface area contributed by atoms with Crippen molar-refractivity contribution in [2.75, 3.05) is 50.3 Å². The number of rotatable bonds is 11. The second-order valence-electron chi connectivity index (χ2n) is 9.30. The Balaban J connectivity index is 1.36. The van der Waals surface area contributed by atoms with Crippen molar-refractivity contribution in [3.8, 4) is 5.75 Å². The molecule has 0 bridgehead atoms. The van der Waals surface area contributed by atoms with Crippen LogP contribution in [-0.2, 0) is 29.6 Å². The van der Waals surface area contributed by atoms with Crippen LogP contribution in [0, 0.1) is 13.8 Å². The Morgan fingerprint density at radius 1 is 0.925 bits per heavy atom. The maximum atomic E-state index is 13.5. The van der Waals surface area contributed by atoms with Crippen molar-refractivity contribution in [2.24, 2.45) is 0 Å². The first-order valence-electron chi connectivity index (χ1n) is 12.8. The molecule has 1 amide bonds. The van der Waals surface area contributed by atoms with Gasteiger partial charge in [0.25, 0.3) is 10.0 Å². The van der Waals surface area contributed by atoms with Gasteiger partial charge in [-0.2, -0.15) is 4.31 Å². The molecular weight excluding hydrogens is 554 g/mol. The smallest absolute Gasteiger partial charge is 0.264 e. The Kier molecular flexibility index (Phi) is 9.46. The van der Waals surface area contributed by atoms with Gasteiger partial charge in [-0.1, -0.05) is 35.9 Å². The molecule has 1 aliphatic heterocycles. The van der Waals surface area contributed by atoms with E-state index in [1.807, 2.05) is 13.0 Å². The van der Waals surface area contributed by atoms with Crippen molar-refractivity contribution in [3.05, 3.63) is 83.9 Å². The summed E-state index contributed by atoms with van der Waals surface area (Å²) in [6.07, 6.45) is 0. The molecule has 214 valence electrons. The first kappa shape index (κ1) is 29.5. The fraction of sp³-hybridized carbons (Fsp3) is 0.321. The molecule has 12 heteroatoms. The van der Waals surface area contributed by atoms with Crippen LogP contribution in [0.5, 0.6) is 5.75 Å². The molecule has 1 saturated heterocycles. The first-order chi connectivity index (χ1) is 19.1. The van der Waals surface area contributed by atoms with Crippen molar-refractivity contribution < 1.29 is 31.1 Å². The number of carbonyl (C=O) groups is 1. The van der Waals surface area contributed by atoms with Gasteiger partial charge in [-0.15, -0.1) is 0 Å². The fourth-order valence-electron chi connectivity index (χ4n) is 4.29. The number of sulfonamides is 2. The highest BCUT2D eigenvalue weighted by Crippen LogP contribution is 2.27. The van der Waals surface area contributed by atoms with Crippen LogP contribution in [0.4, 0.5) is 5.69 Å². The van der Waals surface area contributed by atoms with E-state index in [1.54, 1.807) is 49.4 Å². The lowest BCUT2D eigenvalue weighted by Gasteiger charge is -2.26. The normalized spacial score (nSPS) is 14.4. The Morgan fingerprint density at radius 2 is 1.60 bits per heavy atom. The van der Waals surface area contributed by atoms with Gasteiger partial charge in [-0.25, -0.2) is 16.8 Å². The Labute approximate surface area is 235 Å². The van der Waals surface area contributed by atoms with Crippen molar-refractivity contribution in [1.29, 1.82) is 0 Å². The third-order valence-corrected chi connectivity index (χ3v) is 10.1. The number of nitrogens with one attached hydrogen (secondary N) is 1. The summed E-state index contributed by atoms with van der Waals surface area (Å²) in [5, 5.41) is 2.70. The zero-order chi connectivity index (χ0) is 28.8. The standard InChI is InChI=1S/C28H33N3O7S2/c1-22-8-13-27(23(2)20-22)31(40(35,36)25-6-4-3-5-7-25)21-28(32)29-14-17-38-24-9-11-26(12-10-24)39(33,34)30-15-18-37-19-16-30/h3-13,20H,14-19,21H2,1-2H3,(H,29,32). The minimum absolute atomic E-state index is 0.0881. The van der Waals surface area contributed by atoms with E-state index >= 15 is 0 Å². The quantitative estimate of drug-likeness (QED) is 0.342. The van der Waals surface area contributed by atoms with Gasteiger partial charge in [0, 0.05) is 13.1 Å². The molecule has 1 N–H and O–H groups in total. The van der Waals surface area contributed by atoms with Crippen LogP contribution in [0.2, 0.25) is 0 Å². The highest BCUT2D eigenvalue weighted by molar-refractivity contribution is 7.92. The summed E-state index contributed by atoms with van der Waals surface area (Å²) >= 11 is 0. The van der Waals surface area contributed by atoms with Gasteiger partial charge in [0.05, 0.1) is 35.2 Å². The van der Waals surface area contributed by atoms with Gasteiger partial charge in [-0.05, 0) is 61.9 Å². The lowest BCUT2D eigenvalue weighted by Crippen LogP contribution is -2.42. The molecule has 40 heavy (non-hydrogen) atoms. The average Bonchev–Trinajstić information content (AvgIpc) is 2.95. The van der Waals surface area contributed by atoms with E-state index in [4.69, 9.17) is 9.47 Å². The first-order valence-corrected chi connectivity index (χ1v) is 15.7. The summed E-state index contributed by atoms with van der Waals surface area (Å²) in [6, 6.07) is 19.4. The van der Waals surface area contributed by atoms with Crippen LogP contribution in [0.15, 0.2) is 82.6 Å². The molecule has 4 rings (SSSR count). The highest BCUT2D eigenvalue weighted by Gasteiger charge is 2.28. The molecule has 0 unspecified atom stereocenters. The predicted molar refractivity (Wildman–Crippen MR) is 151 cm³/mol. The number of carbonyl (C=O) groups excluding carboxylic acids is 1. The minimum Gasteiger partial charge on any atom is -0.492 e. The summed E-state index contributed by atoms with van der Waals surface area (Å²) in [7, 11) is -7.60. The lowest BCUT2D eigenvalue weighted by molar-refractivity contribution is -0.119. The number of anilines is 1. The number of morpholine rings is 1. The number of benzene rings is 3. The average molecular weight is 588 g/mol. The van der Waals surface area contributed by atoms with E-state index < -0.39 is 32.5 Å². The van der Waals surface area contributed by atoms with Gasteiger partial charge in [0.2, 0.25) is 15.9 Å². The van der Waals surface area contributed by atoms with Gasteiger partial charge < -0.3 is 14.8 Å². The number of aryl methyl sites for hydroxylation is 2. The molecule has 0 radical (unpaired) electrons. The molecule has 3 aromatic carbocycles. The van der Waals surface area contributed by atoms with E-state index in [-0.39, 0.29) is 22.9 Å². The van der Waals surface area contributed by atoms with Crippen LogP contribution in [0.3, 0.4) is 0 Å². The van der Waals surface area contributed by atoms with Crippen molar-refractivity contribution in [3.63, 3.8) is 0 Å². The number of nitrogens with zero attached hydrogens (tertiary/aromatic N) is 2. The molecular formula is C28H33N3O7S2. The Morgan fingerprint density at radius 3 is 2.25 bits per heavy atom. The number of ether oxygens (including phenoxy) is 2. The predicted octanol–water partition coefficient (Wildman–Crippen LogP) is 2.71. The fourth-order valence-corrected chi connectivity index (χ4v) is 7.21. The second kappa shape index (κ2) is 12.8. The van der Waals surface area contributed by atoms with E-state index in [2.05, 4.69) is 5.32 Å². The van der Waals surface area contributed by atoms with Gasteiger partial charge in [0.15, 0.2) is 0 Å². The largest absolute Gasteiger partial charge is 0.492 e.